The summed E-state index contributed by atoms with van der Waals surface area (Å²) in [5.74, 6) is -1.73. The van der Waals surface area contributed by atoms with Crippen molar-refractivity contribution in [2.24, 2.45) is 0 Å². The first-order chi connectivity index (χ1) is 16.2. The van der Waals surface area contributed by atoms with E-state index in [0.29, 0.717) is 0 Å². The molecule has 2 atom stereocenters. The number of aliphatic carboxylic acids is 2. The molecule has 225 valence electrons. The van der Waals surface area contributed by atoms with Crippen molar-refractivity contribution >= 4 is 33.5 Å². The summed E-state index contributed by atoms with van der Waals surface area (Å²) < 4.78 is 10.3. The molecule has 1 radical (unpaired) electrons. The quantitative estimate of drug-likeness (QED) is 0.254. The van der Waals surface area contributed by atoms with E-state index in [2.05, 4.69) is 0 Å². The first kappa shape index (κ1) is 43.3. The van der Waals surface area contributed by atoms with Crippen LogP contribution < -0.4 is 19.7 Å². The number of ether oxygens (including phenoxy) is 2. The third kappa shape index (κ3) is 10.4. The van der Waals surface area contributed by atoms with Gasteiger partial charge in [-0.2, -0.15) is 0 Å². The van der Waals surface area contributed by atoms with Gasteiger partial charge in [-0.3, -0.25) is 0 Å². The summed E-state index contributed by atoms with van der Waals surface area (Å²) in [5, 5.41) is 25.7. The first-order valence-corrected chi connectivity index (χ1v) is 10.8. The van der Waals surface area contributed by atoms with Gasteiger partial charge < -0.3 is 56.7 Å². The Bertz CT molecular complexity index is 1240. The third-order valence-electron chi connectivity index (χ3n) is 5.85. The molecule has 4 aromatic rings. The Hall–Kier alpha value is -3.74. The van der Waals surface area contributed by atoms with E-state index >= 15 is 0 Å². The number of hydrogen-bond donors (Lipinski definition) is 0. The molecule has 0 aromatic heterocycles. The largest absolute Gasteiger partial charge is 2.00 e. The Balaban J connectivity index is -0.000000282. The minimum absolute atomic E-state index is 0. The summed E-state index contributed by atoms with van der Waals surface area (Å²) in [6.45, 7) is 3.25. The van der Waals surface area contributed by atoms with Gasteiger partial charge in [0.2, 0.25) is 0 Å². The predicted octanol–water partition coefficient (Wildman–Crippen LogP) is -0.722. The molecule has 0 aliphatic rings. The second kappa shape index (κ2) is 19.3. The van der Waals surface area contributed by atoms with Crippen molar-refractivity contribution in [3.8, 4) is 11.5 Å². The number of carboxylic acids is 2. The number of rotatable bonds is 6. The number of carbonyl (C=O) groups is 2. The maximum absolute atomic E-state index is 10.8. The SMILES string of the molecule is COc1ccc2cc([C@H](C)C(=O)[O-])ccc2c1.COc1ccc2cc([C@H](C)C(=O)[O-])ccc2c1.O.O.O.O.O.[Cu+2]. The molecule has 12 heteroatoms. The van der Waals surface area contributed by atoms with Crippen molar-refractivity contribution in [3.05, 3.63) is 83.9 Å². The van der Waals surface area contributed by atoms with Gasteiger partial charge in [0.25, 0.3) is 0 Å². The zero-order chi connectivity index (χ0) is 24.8. The molecule has 4 aromatic carbocycles. The number of carbonyl (C=O) groups excluding carboxylic acids is 2. The second-order valence-electron chi connectivity index (χ2n) is 8.03. The van der Waals surface area contributed by atoms with E-state index in [0.717, 1.165) is 44.2 Å². The van der Waals surface area contributed by atoms with E-state index in [1.54, 1.807) is 28.1 Å². The van der Waals surface area contributed by atoms with Crippen molar-refractivity contribution < 1.29 is 73.7 Å². The fourth-order valence-electron chi connectivity index (χ4n) is 3.55. The fraction of sp³-hybridized carbons (Fsp3) is 0.214. The van der Waals surface area contributed by atoms with Gasteiger partial charge in [-0.1, -0.05) is 62.4 Å². The summed E-state index contributed by atoms with van der Waals surface area (Å²) in [4.78, 5) is 21.6. The molecule has 0 aliphatic carbocycles. The van der Waals surface area contributed by atoms with Gasteiger partial charge in [0.1, 0.15) is 11.5 Å². The Morgan fingerprint density at radius 1 is 0.550 bits per heavy atom. The Morgan fingerprint density at radius 2 is 0.825 bits per heavy atom. The average molecular weight is 612 g/mol. The standard InChI is InChI=1S/2C14H14O3.Cu.5H2O/c2*1-9(14(15)16)10-3-4-12-8-13(17-2)6-5-11(12)7-10;;;;;;/h2*3-9H,1-2H3,(H,15,16);;5*1H2/q;;+2;;;;;/p-2/t2*9-;;;;;;/m00....../s1. The number of fused-ring (bicyclic) bond motifs is 2. The van der Waals surface area contributed by atoms with E-state index in [1.165, 1.54) is 0 Å². The van der Waals surface area contributed by atoms with E-state index in [1.807, 2.05) is 72.8 Å². The van der Waals surface area contributed by atoms with Gasteiger partial charge in [0.15, 0.2) is 0 Å². The molecule has 0 aliphatic heterocycles. The topological polar surface area (TPSA) is 256 Å². The van der Waals surface area contributed by atoms with Crippen LogP contribution in [0, 0.1) is 0 Å². The molecule has 0 spiro atoms. The fourth-order valence-corrected chi connectivity index (χ4v) is 3.55. The Morgan fingerprint density at radius 3 is 1.10 bits per heavy atom. The number of hydrogen-bond acceptors (Lipinski definition) is 6. The second-order valence-corrected chi connectivity index (χ2v) is 8.03. The molecule has 0 heterocycles. The smallest absolute Gasteiger partial charge is 0.550 e. The van der Waals surface area contributed by atoms with Crippen LogP contribution in [-0.4, -0.2) is 53.5 Å². The summed E-state index contributed by atoms with van der Waals surface area (Å²) in [6.07, 6.45) is 0. The molecule has 0 unspecified atom stereocenters. The molecular formula is C28H36CuO11. The average Bonchev–Trinajstić information content (AvgIpc) is 2.86. The predicted molar refractivity (Wildman–Crippen MR) is 146 cm³/mol. The molecular weight excluding hydrogens is 576 g/mol. The summed E-state index contributed by atoms with van der Waals surface area (Å²) in [5.41, 5.74) is 1.50. The van der Waals surface area contributed by atoms with Crippen molar-refractivity contribution in [2.75, 3.05) is 14.2 Å². The van der Waals surface area contributed by atoms with Gasteiger partial charge in [-0.25, -0.2) is 0 Å². The Kier molecular flexibility index (Phi) is 20.9. The first-order valence-electron chi connectivity index (χ1n) is 10.8. The molecule has 4 rings (SSSR count). The van der Waals surface area contributed by atoms with Crippen LogP contribution in [0.1, 0.15) is 36.8 Å². The molecule has 40 heavy (non-hydrogen) atoms. The normalized spacial score (nSPS) is 10.5. The minimum Gasteiger partial charge on any atom is -0.550 e. The van der Waals surface area contributed by atoms with Crippen molar-refractivity contribution in [1.29, 1.82) is 0 Å². The monoisotopic (exact) mass is 611 g/mol. The van der Waals surface area contributed by atoms with E-state index in [-0.39, 0.29) is 44.4 Å². The molecule has 0 saturated heterocycles. The number of methoxy groups -OCH3 is 2. The molecule has 11 nitrogen and oxygen atoms in total. The summed E-state index contributed by atoms with van der Waals surface area (Å²) in [7, 11) is 3.24. The van der Waals surface area contributed by atoms with Gasteiger partial charge in [0, 0.05) is 23.8 Å². The minimum atomic E-state index is -1.06. The molecule has 10 N–H and O–H groups in total. The maximum Gasteiger partial charge on any atom is 2.00 e. The van der Waals surface area contributed by atoms with Gasteiger partial charge in [-0.05, 0) is 56.9 Å². The van der Waals surface area contributed by atoms with Crippen LogP contribution in [0.2, 0.25) is 0 Å². The zero-order valence-electron chi connectivity index (χ0n) is 22.3. The number of carboxylic acid groups (broad SMARTS) is 2. The van der Waals surface area contributed by atoms with Gasteiger partial charge in [0.05, 0.1) is 14.2 Å². The van der Waals surface area contributed by atoms with Crippen molar-refractivity contribution in [2.45, 2.75) is 25.7 Å². The molecule has 0 saturated carbocycles. The third-order valence-corrected chi connectivity index (χ3v) is 5.85. The van der Waals surface area contributed by atoms with E-state index in [9.17, 15) is 19.8 Å². The molecule has 0 fully saturated rings. The molecule has 0 bridgehead atoms. The van der Waals surface area contributed by atoms with Crippen molar-refractivity contribution in [3.63, 3.8) is 0 Å². The van der Waals surface area contributed by atoms with Crippen LogP contribution in [0.25, 0.3) is 21.5 Å². The summed E-state index contributed by atoms with van der Waals surface area (Å²) in [6, 6.07) is 22.5. The van der Waals surface area contributed by atoms with Crippen LogP contribution in [0.15, 0.2) is 72.8 Å². The summed E-state index contributed by atoms with van der Waals surface area (Å²) >= 11 is 0. The van der Waals surface area contributed by atoms with Crippen LogP contribution in [0.5, 0.6) is 11.5 Å². The van der Waals surface area contributed by atoms with Crippen molar-refractivity contribution in [1.82, 2.24) is 0 Å². The van der Waals surface area contributed by atoms with Crippen LogP contribution in [0.4, 0.5) is 0 Å². The van der Waals surface area contributed by atoms with E-state index < -0.39 is 23.8 Å². The Labute approximate surface area is 242 Å². The molecule has 0 amide bonds. The van der Waals surface area contributed by atoms with Gasteiger partial charge >= 0.3 is 17.1 Å². The zero-order valence-corrected chi connectivity index (χ0v) is 23.3. The number of benzene rings is 4. The van der Waals surface area contributed by atoms with Crippen LogP contribution in [0.3, 0.4) is 0 Å². The van der Waals surface area contributed by atoms with Gasteiger partial charge in [-0.15, -0.1) is 0 Å². The van der Waals surface area contributed by atoms with E-state index in [4.69, 9.17) is 9.47 Å². The van der Waals surface area contributed by atoms with Crippen LogP contribution in [-0.2, 0) is 26.7 Å². The van der Waals surface area contributed by atoms with Crippen LogP contribution >= 0.6 is 0 Å². The maximum atomic E-state index is 10.8.